The predicted molar refractivity (Wildman–Crippen MR) is 95.0 cm³/mol. The molecule has 6 nitrogen and oxygen atoms in total. The Morgan fingerprint density at radius 2 is 2.29 bits per heavy atom. The molecule has 1 saturated heterocycles. The Labute approximate surface area is 146 Å². The van der Waals surface area contributed by atoms with Gasteiger partial charge in [0.25, 0.3) is 5.91 Å². The van der Waals surface area contributed by atoms with Gasteiger partial charge in [0.2, 0.25) is 0 Å². The second-order valence-electron chi connectivity index (χ2n) is 5.97. The minimum atomic E-state index is -0.00424. The van der Waals surface area contributed by atoms with E-state index in [1.807, 2.05) is 43.0 Å². The molecule has 1 aliphatic heterocycles. The number of hydrogen-bond acceptors (Lipinski definition) is 6. The Morgan fingerprint density at radius 1 is 1.46 bits per heavy atom. The van der Waals surface area contributed by atoms with Crippen molar-refractivity contribution in [2.45, 2.75) is 25.9 Å². The molecule has 0 aliphatic carbocycles. The SMILES string of the molecule is CCc1ncc(C(=O)N2CC[C@H](Oc3cccnc3N(C)C)C2)s1. The topological polar surface area (TPSA) is 58.6 Å². The lowest BCUT2D eigenvalue weighted by Crippen LogP contribution is -2.30. The first kappa shape index (κ1) is 16.7. The van der Waals surface area contributed by atoms with E-state index in [4.69, 9.17) is 4.74 Å². The summed E-state index contributed by atoms with van der Waals surface area (Å²) in [5, 5.41) is 0.997. The highest BCUT2D eigenvalue weighted by molar-refractivity contribution is 7.13. The van der Waals surface area contributed by atoms with Crippen molar-refractivity contribution in [2.24, 2.45) is 0 Å². The smallest absolute Gasteiger partial charge is 0.265 e. The van der Waals surface area contributed by atoms with Crippen LogP contribution in [0.4, 0.5) is 5.82 Å². The molecule has 0 radical (unpaired) electrons. The molecule has 7 heteroatoms. The second kappa shape index (κ2) is 7.17. The highest BCUT2D eigenvalue weighted by Crippen LogP contribution is 2.27. The summed E-state index contributed by atoms with van der Waals surface area (Å²) >= 11 is 1.48. The van der Waals surface area contributed by atoms with Crippen LogP contribution in [0.3, 0.4) is 0 Å². The zero-order chi connectivity index (χ0) is 17.1. The van der Waals surface area contributed by atoms with Crippen LogP contribution in [0, 0.1) is 0 Å². The van der Waals surface area contributed by atoms with Crippen molar-refractivity contribution in [3.63, 3.8) is 0 Å². The number of pyridine rings is 1. The van der Waals surface area contributed by atoms with E-state index in [1.165, 1.54) is 11.3 Å². The third kappa shape index (κ3) is 3.51. The number of hydrogen-bond donors (Lipinski definition) is 0. The number of rotatable bonds is 5. The molecule has 1 aliphatic rings. The van der Waals surface area contributed by atoms with Crippen molar-refractivity contribution in [3.05, 3.63) is 34.4 Å². The molecule has 128 valence electrons. The molecule has 3 rings (SSSR count). The first-order valence-electron chi connectivity index (χ1n) is 8.11. The van der Waals surface area contributed by atoms with Gasteiger partial charge >= 0.3 is 0 Å². The zero-order valence-electron chi connectivity index (χ0n) is 14.2. The maximum absolute atomic E-state index is 12.6. The average Bonchev–Trinajstić information content (AvgIpc) is 3.23. The van der Waals surface area contributed by atoms with Crippen molar-refractivity contribution >= 4 is 23.1 Å². The van der Waals surface area contributed by atoms with Crippen molar-refractivity contribution in [1.29, 1.82) is 0 Å². The fraction of sp³-hybridized carbons (Fsp3) is 0.471. The summed E-state index contributed by atoms with van der Waals surface area (Å²) in [5.41, 5.74) is 0. The molecule has 2 aromatic heterocycles. The molecule has 0 N–H and O–H groups in total. The van der Waals surface area contributed by atoms with Crippen LogP contribution in [-0.4, -0.2) is 54.1 Å². The summed E-state index contributed by atoms with van der Waals surface area (Å²) in [4.78, 5) is 25.7. The lowest BCUT2D eigenvalue weighted by atomic mass is 10.3. The molecule has 0 spiro atoms. The Balaban J connectivity index is 1.64. The maximum atomic E-state index is 12.6. The van der Waals surface area contributed by atoms with Gasteiger partial charge in [-0.05, 0) is 18.6 Å². The predicted octanol–water partition coefficient (Wildman–Crippen LogP) is 2.46. The summed E-state index contributed by atoms with van der Waals surface area (Å²) in [6, 6.07) is 3.79. The lowest BCUT2D eigenvalue weighted by Gasteiger charge is -2.20. The van der Waals surface area contributed by atoms with Crippen molar-refractivity contribution in [1.82, 2.24) is 14.9 Å². The Hall–Kier alpha value is -2.15. The molecular formula is C17H22N4O2S. The van der Waals surface area contributed by atoms with Crippen LogP contribution in [0.25, 0.3) is 0 Å². The second-order valence-corrected chi connectivity index (χ2v) is 7.09. The monoisotopic (exact) mass is 346 g/mol. The van der Waals surface area contributed by atoms with Gasteiger partial charge in [-0.2, -0.15) is 0 Å². The van der Waals surface area contributed by atoms with E-state index in [0.717, 1.165) is 29.4 Å². The average molecular weight is 346 g/mol. The lowest BCUT2D eigenvalue weighted by molar-refractivity contribution is 0.0777. The van der Waals surface area contributed by atoms with E-state index in [0.29, 0.717) is 18.0 Å². The Kier molecular flexibility index (Phi) is 4.99. The molecule has 24 heavy (non-hydrogen) atoms. The summed E-state index contributed by atoms with van der Waals surface area (Å²) in [5.74, 6) is 1.61. The highest BCUT2D eigenvalue weighted by Gasteiger charge is 2.29. The molecule has 0 saturated carbocycles. The van der Waals surface area contributed by atoms with E-state index in [9.17, 15) is 4.79 Å². The third-order valence-electron chi connectivity index (χ3n) is 3.97. The van der Waals surface area contributed by atoms with Gasteiger partial charge in [0.1, 0.15) is 11.0 Å². The van der Waals surface area contributed by atoms with Gasteiger partial charge in [0, 0.05) is 33.3 Å². The molecule has 3 heterocycles. The number of likely N-dealkylation sites (tertiary alicyclic amines) is 1. The number of aryl methyl sites for hydroxylation is 1. The molecule has 0 bridgehead atoms. The minimum Gasteiger partial charge on any atom is -0.485 e. The normalized spacial score (nSPS) is 17.1. The minimum absolute atomic E-state index is 0.00424. The highest BCUT2D eigenvalue weighted by atomic mass is 32.1. The first-order chi connectivity index (χ1) is 11.6. The van der Waals surface area contributed by atoms with Gasteiger partial charge in [-0.15, -0.1) is 11.3 Å². The number of amides is 1. The van der Waals surface area contributed by atoms with Crippen LogP contribution in [0.1, 0.15) is 28.0 Å². The van der Waals surface area contributed by atoms with Crippen molar-refractivity contribution in [3.8, 4) is 5.75 Å². The zero-order valence-corrected chi connectivity index (χ0v) is 15.0. The first-order valence-corrected chi connectivity index (χ1v) is 8.93. The molecule has 1 fully saturated rings. The molecule has 2 aromatic rings. The van der Waals surface area contributed by atoms with Crippen LogP contribution < -0.4 is 9.64 Å². The van der Waals surface area contributed by atoms with E-state index >= 15 is 0 Å². The van der Waals surface area contributed by atoms with Gasteiger partial charge in [0.15, 0.2) is 11.6 Å². The quantitative estimate of drug-likeness (QED) is 0.832. The van der Waals surface area contributed by atoms with Crippen molar-refractivity contribution in [2.75, 3.05) is 32.1 Å². The number of carbonyl (C=O) groups excluding carboxylic acids is 1. The van der Waals surface area contributed by atoms with Gasteiger partial charge in [-0.25, -0.2) is 9.97 Å². The fourth-order valence-corrected chi connectivity index (χ4v) is 3.55. The summed E-state index contributed by atoms with van der Waals surface area (Å²) in [6.07, 6.45) is 5.12. The largest absolute Gasteiger partial charge is 0.485 e. The summed E-state index contributed by atoms with van der Waals surface area (Å²) in [7, 11) is 3.88. The van der Waals surface area contributed by atoms with Crippen LogP contribution in [0.5, 0.6) is 5.75 Å². The van der Waals surface area contributed by atoms with Crippen LogP contribution in [0.15, 0.2) is 24.5 Å². The van der Waals surface area contributed by atoms with Crippen LogP contribution in [-0.2, 0) is 6.42 Å². The van der Waals surface area contributed by atoms with Gasteiger partial charge in [-0.3, -0.25) is 4.79 Å². The van der Waals surface area contributed by atoms with E-state index < -0.39 is 0 Å². The summed E-state index contributed by atoms with van der Waals surface area (Å²) < 4.78 is 6.10. The maximum Gasteiger partial charge on any atom is 0.265 e. The fourth-order valence-electron chi connectivity index (χ4n) is 2.73. The number of ether oxygens (including phenoxy) is 1. The van der Waals surface area contributed by atoms with Crippen LogP contribution in [0.2, 0.25) is 0 Å². The van der Waals surface area contributed by atoms with Gasteiger partial charge in [0.05, 0.1) is 17.7 Å². The van der Waals surface area contributed by atoms with E-state index in [-0.39, 0.29) is 12.0 Å². The Morgan fingerprint density at radius 3 is 3.00 bits per heavy atom. The number of anilines is 1. The standard InChI is InChI=1S/C17H22N4O2S/c1-4-15-19-10-14(24-15)17(22)21-9-7-12(11-21)23-13-6-5-8-18-16(13)20(2)3/h5-6,8,10,12H,4,7,9,11H2,1-3H3/t12-/m0/s1. The number of thiazole rings is 1. The van der Waals surface area contributed by atoms with Crippen LogP contribution >= 0.6 is 11.3 Å². The van der Waals surface area contributed by atoms with Gasteiger partial charge < -0.3 is 14.5 Å². The molecule has 1 atom stereocenters. The molecule has 1 amide bonds. The Bertz CT molecular complexity index is 716. The molecule has 0 aromatic carbocycles. The van der Waals surface area contributed by atoms with Gasteiger partial charge in [-0.1, -0.05) is 6.92 Å². The molecule has 0 unspecified atom stereocenters. The molecular weight excluding hydrogens is 324 g/mol. The van der Waals surface area contributed by atoms with Crippen molar-refractivity contribution < 1.29 is 9.53 Å². The summed E-state index contributed by atoms with van der Waals surface area (Å²) in [6.45, 7) is 3.35. The number of aromatic nitrogens is 2. The number of carbonyl (C=O) groups is 1. The van der Waals surface area contributed by atoms with E-state index in [2.05, 4.69) is 9.97 Å². The number of nitrogens with zero attached hydrogens (tertiary/aromatic N) is 4. The third-order valence-corrected chi connectivity index (χ3v) is 5.10. The van der Waals surface area contributed by atoms with E-state index in [1.54, 1.807) is 12.4 Å².